The smallest absolute Gasteiger partial charge is 0.261 e. The fourth-order valence-corrected chi connectivity index (χ4v) is 7.79. The minimum atomic E-state index is -2.47. The zero-order valence-corrected chi connectivity index (χ0v) is 15.9. The van der Waals surface area contributed by atoms with Gasteiger partial charge < -0.3 is 9.53 Å². The minimum Gasteiger partial charge on any atom is -0.407 e. The molecule has 1 N–H and O–H groups in total. The van der Waals surface area contributed by atoms with E-state index in [1.165, 1.54) is 10.4 Å². The summed E-state index contributed by atoms with van der Waals surface area (Å²) in [4.78, 5) is 0. The summed E-state index contributed by atoms with van der Waals surface area (Å²) >= 11 is 0. The van der Waals surface area contributed by atoms with Crippen molar-refractivity contribution in [2.75, 3.05) is 6.61 Å². The largest absolute Gasteiger partial charge is 0.407 e. The molecule has 0 aliphatic carbocycles. The first-order valence-corrected chi connectivity index (χ1v) is 10.4. The Morgan fingerprint density at radius 2 is 1.46 bits per heavy atom. The third-order valence-corrected chi connectivity index (χ3v) is 9.46. The molecule has 24 heavy (non-hydrogen) atoms. The molecular formula is C21H28O2Si. The predicted octanol–water partition coefficient (Wildman–Crippen LogP) is 3.50. The van der Waals surface area contributed by atoms with E-state index < -0.39 is 14.4 Å². The van der Waals surface area contributed by atoms with Crippen LogP contribution < -0.4 is 10.4 Å². The summed E-state index contributed by atoms with van der Waals surface area (Å²) in [6.45, 7) is 10.9. The van der Waals surface area contributed by atoms with E-state index in [0.717, 1.165) is 0 Å². The molecule has 2 nitrogen and oxygen atoms in total. The van der Waals surface area contributed by atoms with Gasteiger partial charge in [-0.2, -0.15) is 0 Å². The Morgan fingerprint density at radius 3 is 1.83 bits per heavy atom. The Labute approximate surface area is 146 Å². The topological polar surface area (TPSA) is 29.5 Å². The molecule has 0 amide bonds. The lowest BCUT2D eigenvalue weighted by Gasteiger charge is -2.43. The van der Waals surface area contributed by atoms with Crippen LogP contribution in [-0.2, 0) is 4.43 Å². The van der Waals surface area contributed by atoms with E-state index in [1.54, 1.807) is 6.08 Å². The normalized spacial score (nSPS) is 13.5. The van der Waals surface area contributed by atoms with Crippen molar-refractivity contribution in [2.24, 2.45) is 0 Å². The lowest BCUT2D eigenvalue weighted by molar-refractivity contribution is 0.174. The minimum absolute atomic E-state index is 0.0329. The summed E-state index contributed by atoms with van der Waals surface area (Å²) in [5, 5.41) is 12.3. The van der Waals surface area contributed by atoms with E-state index in [0.29, 0.717) is 13.0 Å². The van der Waals surface area contributed by atoms with Crippen LogP contribution in [0.3, 0.4) is 0 Å². The highest BCUT2D eigenvalue weighted by molar-refractivity contribution is 6.99. The van der Waals surface area contributed by atoms with Gasteiger partial charge in [0.2, 0.25) is 0 Å². The van der Waals surface area contributed by atoms with Crippen molar-refractivity contribution in [1.29, 1.82) is 0 Å². The van der Waals surface area contributed by atoms with Crippen molar-refractivity contribution in [3.05, 3.63) is 73.3 Å². The first-order valence-electron chi connectivity index (χ1n) is 8.47. The Balaban J connectivity index is 2.51. The standard InChI is InChI=1S/C21H28O2Si/c1-5-18(22)16-17-23-24(21(2,3)4,19-12-8-6-9-13-19)20-14-10-7-11-15-20/h5-15,18,22H,1,16-17H2,2-4H3/t18-/m1/s1. The van der Waals surface area contributed by atoms with Crippen LogP contribution in [0.4, 0.5) is 0 Å². The molecule has 0 aliphatic heterocycles. The summed E-state index contributed by atoms with van der Waals surface area (Å²) in [7, 11) is -2.47. The maximum atomic E-state index is 9.82. The average Bonchev–Trinajstić information content (AvgIpc) is 2.59. The summed E-state index contributed by atoms with van der Waals surface area (Å²) < 4.78 is 6.67. The fourth-order valence-electron chi connectivity index (χ4n) is 3.21. The number of hydrogen-bond donors (Lipinski definition) is 1. The Hall–Kier alpha value is -1.68. The molecule has 0 heterocycles. The second-order valence-corrected chi connectivity index (χ2v) is 11.4. The molecule has 2 rings (SSSR count). The van der Waals surface area contributed by atoms with Crippen LogP contribution in [0, 0.1) is 0 Å². The van der Waals surface area contributed by atoms with Crippen LogP contribution in [-0.4, -0.2) is 26.1 Å². The second kappa shape index (κ2) is 7.93. The van der Waals surface area contributed by atoms with Gasteiger partial charge in [-0.3, -0.25) is 0 Å². The van der Waals surface area contributed by atoms with Gasteiger partial charge in [-0.1, -0.05) is 87.5 Å². The van der Waals surface area contributed by atoms with E-state index in [1.807, 2.05) is 12.1 Å². The molecule has 0 unspecified atom stereocenters. The summed E-state index contributed by atoms with van der Waals surface area (Å²) in [6.07, 6.45) is 1.60. The summed E-state index contributed by atoms with van der Waals surface area (Å²) in [5.74, 6) is 0. The van der Waals surface area contributed by atoms with Crippen LogP contribution in [0.5, 0.6) is 0 Å². The summed E-state index contributed by atoms with van der Waals surface area (Å²) in [6, 6.07) is 21.1. The van der Waals surface area contributed by atoms with Crippen LogP contribution in [0.25, 0.3) is 0 Å². The molecule has 0 aromatic heterocycles. The Bertz CT molecular complexity index is 592. The van der Waals surface area contributed by atoms with Gasteiger partial charge in [-0.15, -0.1) is 6.58 Å². The molecule has 0 aliphatic rings. The number of benzene rings is 2. The molecule has 0 bridgehead atoms. The lowest BCUT2D eigenvalue weighted by Crippen LogP contribution is -2.66. The molecule has 2 aromatic carbocycles. The van der Waals surface area contributed by atoms with Gasteiger partial charge in [0.05, 0.1) is 6.10 Å². The lowest BCUT2D eigenvalue weighted by atomic mass is 10.2. The number of aliphatic hydroxyl groups is 1. The second-order valence-electron chi connectivity index (χ2n) is 7.10. The first kappa shape index (κ1) is 18.7. The van der Waals surface area contributed by atoms with Crippen molar-refractivity contribution in [3.63, 3.8) is 0 Å². The maximum Gasteiger partial charge on any atom is 0.261 e. The third-order valence-electron chi connectivity index (χ3n) is 4.42. The molecular weight excluding hydrogens is 312 g/mol. The van der Waals surface area contributed by atoms with Gasteiger partial charge in [-0.25, -0.2) is 0 Å². The molecule has 128 valence electrons. The average molecular weight is 341 g/mol. The van der Waals surface area contributed by atoms with Gasteiger partial charge in [0, 0.05) is 6.61 Å². The molecule has 0 spiro atoms. The van der Waals surface area contributed by atoms with Crippen molar-refractivity contribution < 1.29 is 9.53 Å². The van der Waals surface area contributed by atoms with Gasteiger partial charge in [0.1, 0.15) is 0 Å². The van der Waals surface area contributed by atoms with Crippen molar-refractivity contribution >= 4 is 18.7 Å². The highest BCUT2D eigenvalue weighted by Gasteiger charge is 2.49. The molecule has 2 aromatic rings. The monoisotopic (exact) mass is 340 g/mol. The molecule has 0 saturated carbocycles. The maximum absolute atomic E-state index is 9.82. The fraction of sp³-hybridized carbons (Fsp3) is 0.333. The zero-order chi connectivity index (χ0) is 17.6. The zero-order valence-electron chi connectivity index (χ0n) is 14.9. The SMILES string of the molecule is C=C[C@@H](O)CCO[Si](c1ccccc1)(c1ccccc1)C(C)(C)C. The van der Waals surface area contributed by atoms with Crippen molar-refractivity contribution in [3.8, 4) is 0 Å². The van der Waals surface area contributed by atoms with E-state index in [2.05, 4.69) is 75.9 Å². The van der Waals surface area contributed by atoms with E-state index in [-0.39, 0.29) is 5.04 Å². The molecule has 3 heteroatoms. The first-order chi connectivity index (χ1) is 11.4. The number of rotatable bonds is 7. The van der Waals surface area contributed by atoms with Crippen LogP contribution in [0.2, 0.25) is 5.04 Å². The van der Waals surface area contributed by atoms with Gasteiger partial charge in [0.15, 0.2) is 0 Å². The molecule has 0 radical (unpaired) electrons. The van der Waals surface area contributed by atoms with Crippen LogP contribution in [0.15, 0.2) is 73.3 Å². The third kappa shape index (κ3) is 3.86. The molecule has 0 fully saturated rings. The van der Waals surface area contributed by atoms with E-state index in [4.69, 9.17) is 4.43 Å². The predicted molar refractivity (Wildman–Crippen MR) is 104 cm³/mol. The van der Waals surface area contributed by atoms with E-state index in [9.17, 15) is 5.11 Å². The molecule has 0 saturated heterocycles. The number of hydrogen-bond acceptors (Lipinski definition) is 2. The highest BCUT2D eigenvalue weighted by atomic mass is 28.4. The van der Waals surface area contributed by atoms with Crippen LogP contribution >= 0.6 is 0 Å². The summed E-state index contributed by atoms with van der Waals surface area (Å²) in [5.41, 5.74) is 0. The van der Waals surface area contributed by atoms with Gasteiger partial charge >= 0.3 is 0 Å². The number of aliphatic hydroxyl groups excluding tert-OH is 1. The highest BCUT2D eigenvalue weighted by Crippen LogP contribution is 2.36. The molecule has 1 atom stereocenters. The van der Waals surface area contributed by atoms with Crippen LogP contribution in [0.1, 0.15) is 27.2 Å². The van der Waals surface area contributed by atoms with Crippen molar-refractivity contribution in [1.82, 2.24) is 0 Å². The van der Waals surface area contributed by atoms with Crippen molar-refractivity contribution in [2.45, 2.75) is 38.3 Å². The Morgan fingerprint density at radius 1 is 1.00 bits per heavy atom. The van der Waals surface area contributed by atoms with Gasteiger partial charge in [-0.05, 0) is 21.8 Å². The quantitative estimate of drug-likeness (QED) is 0.617. The van der Waals surface area contributed by atoms with E-state index >= 15 is 0 Å². The van der Waals surface area contributed by atoms with Gasteiger partial charge in [0.25, 0.3) is 8.32 Å². The Kier molecular flexibility index (Phi) is 6.16.